The van der Waals surface area contributed by atoms with Crippen LogP contribution in [0, 0.1) is 0 Å². The first-order valence-corrected chi connectivity index (χ1v) is 34.9. The van der Waals surface area contributed by atoms with Crippen molar-refractivity contribution >= 4 is 5.91 Å². The predicted octanol–water partition coefficient (Wildman–Crippen LogP) is 16.6. The Hall–Kier alpha value is -1.67. The van der Waals surface area contributed by atoms with E-state index in [4.69, 9.17) is 9.47 Å². The van der Waals surface area contributed by atoms with Crippen LogP contribution in [0.25, 0.3) is 0 Å². The number of carbonyl (C=O) groups excluding carboxylic acids is 1. The van der Waals surface area contributed by atoms with Crippen LogP contribution in [0.15, 0.2) is 36.5 Å². The molecule has 1 amide bonds. The summed E-state index contributed by atoms with van der Waals surface area (Å²) < 4.78 is 11.2. The molecule has 8 N–H and O–H groups in total. The van der Waals surface area contributed by atoms with Crippen LogP contribution in [-0.2, 0) is 14.3 Å². The van der Waals surface area contributed by atoms with Gasteiger partial charge >= 0.3 is 0 Å². The van der Waals surface area contributed by atoms with Crippen LogP contribution in [0.2, 0.25) is 0 Å². The quantitative estimate of drug-likeness (QED) is 0.0215. The minimum atomic E-state index is -1.67. The van der Waals surface area contributed by atoms with E-state index < -0.39 is 74.2 Å². The van der Waals surface area contributed by atoms with Crippen molar-refractivity contribution in [2.75, 3.05) is 13.2 Å². The fourth-order valence-electron chi connectivity index (χ4n) is 11.3. The molecule has 0 spiro atoms. The third-order valence-corrected chi connectivity index (χ3v) is 16.9. The van der Waals surface area contributed by atoms with Crippen molar-refractivity contribution in [1.29, 1.82) is 0 Å². The Balaban J connectivity index is 2.24. The Morgan fingerprint density at radius 2 is 0.741 bits per heavy atom. The molecule has 9 atom stereocenters. The van der Waals surface area contributed by atoms with Crippen LogP contribution in [0.5, 0.6) is 0 Å². The smallest absolute Gasteiger partial charge is 0.249 e. The first-order chi connectivity index (χ1) is 39.7. The van der Waals surface area contributed by atoms with Crippen LogP contribution >= 0.6 is 0 Å². The summed E-state index contributed by atoms with van der Waals surface area (Å²) in [5.41, 5.74) is 0. The summed E-state index contributed by atoms with van der Waals surface area (Å²) in [6.07, 6.45) is 63.8. The zero-order valence-corrected chi connectivity index (χ0v) is 52.8. The number of aliphatic hydroxyl groups excluding tert-OH is 7. The van der Waals surface area contributed by atoms with Gasteiger partial charge in [0.2, 0.25) is 5.91 Å². The molecule has 0 aromatic heterocycles. The molecule has 478 valence electrons. The molecule has 9 unspecified atom stereocenters. The van der Waals surface area contributed by atoms with Gasteiger partial charge in [0.25, 0.3) is 0 Å². The first kappa shape index (κ1) is 77.3. The normalized spacial score (nSPS) is 19.3. The molecule has 0 radical (unpaired) electrons. The average Bonchev–Trinajstić information content (AvgIpc) is 3.51. The van der Waals surface area contributed by atoms with Gasteiger partial charge in [0, 0.05) is 0 Å². The number of aliphatic hydroxyl groups is 7. The number of nitrogens with one attached hydrogen (secondary N) is 1. The number of amides is 1. The lowest BCUT2D eigenvalue weighted by Crippen LogP contribution is -2.60. The van der Waals surface area contributed by atoms with Gasteiger partial charge in [-0.05, 0) is 77.0 Å². The van der Waals surface area contributed by atoms with Crippen molar-refractivity contribution in [2.24, 2.45) is 0 Å². The Labute approximate surface area is 498 Å². The predicted molar refractivity (Wildman–Crippen MR) is 339 cm³/mol. The third-order valence-electron chi connectivity index (χ3n) is 16.9. The Morgan fingerprint density at radius 1 is 0.420 bits per heavy atom. The fourth-order valence-corrected chi connectivity index (χ4v) is 11.3. The van der Waals surface area contributed by atoms with E-state index in [9.17, 15) is 40.5 Å². The lowest BCUT2D eigenvalue weighted by atomic mass is 9.98. The maximum absolute atomic E-state index is 13.2. The van der Waals surface area contributed by atoms with Gasteiger partial charge in [0.1, 0.15) is 36.6 Å². The molecule has 0 aromatic carbocycles. The molecule has 1 aliphatic heterocycles. The lowest BCUT2D eigenvalue weighted by molar-refractivity contribution is -0.303. The number of rotatable bonds is 61. The van der Waals surface area contributed by atoms with Crippen LogP contribution in [0.3, 0.4) is 0 Å². The highest BCUT2D eigenvalue weighted by atomic mass is 16.7. The molecule has 1 rings (SSSR count). The zero-order chi connectivity index (χ0) is 58.9. The second-order valence-corrected chi connectivity index (χ2v) is 24.6. The van der Waals surface area contributed by atoms with E-state index in [0.717, 1.165) is 44.9 Å². The van der Waals surface area contributed by atoms with E-state index in [1.165, 1.54) is 244 Å². The van der Waals surface area contributed by atoms with Gasteiger partial charge < -0.3 is 50.5 Å². The van der Waals surface area contributed by atoms with Crippen LogP contribution in [-0.4, -0.2) is 110 Å². The van der Waals surface area contributed by atoms with E-state index in [1.54, 1.807) is 0 Å². The standard InChI is InChI=1S/C70H133NO10/c1-3-5-7-9-11-13-15-17-19-21-23-25-27-28-29-30-31-32-33-34-36-37-39-41-43-45-47-49-51-53-55-57-62(73)65(75)61(60-80-70-68(78)67(77)66(76)64(59-72)81-70)71-69(79)63(74)58-56-54-52-50-48-46-44-42-40-38-35-26-24-22-20-18-16-14-12-10-8-6-4-2/h38,40-41,43,49,51,61-68,70,72-78H,3-37,39,42,44-48,50,52-60H2,1-2H3,(H,71,79)/b40-38-,43-41+,51-49+. The molecule has 0 saturated carbocycles. The molecule has 0 aliphatic carbocycles. The van der Waals surface area contributed by atoms with E-state index in [1.807, 2.05) is 0 Å². The second-order valence-electron chi connectivity index (χ2n) is 24.6. The van der Waals surface area contributed by atoms with Crippen LogP contribution in [0.4, 0.5) is 0 Å². The highest BCUT2D eigenvalue weighted by molar-refractivity contribution is 5.80. The Morgan fingerprint density at radius 3 is 1.10 bits per heavy atom. The summed E-state index contributed by atoms with van der Waals surface area (Å²) in [6.45, 7) is 3.49. The summed E-state index contributed by atoms with van der Waals surface area (Å²) in [7, 11) is 0. The number of carbonyl (C=O) groups is 1. The zero-order valence-electron chi connectivity index (χ0n) is 52.8. The summed E-state index contributed by atoms with van der Waals surface area (Å²) >= 11 is 0. The third kappa shape index (κ3) is 46.3. The Kier molecular flexibility index (Phi) is 56.0. The monoisotopic (exact) mass is 1150 g/mol. The van der Waals surface area contributed by atoms with E-state index in [-0.39, 0.29) is 12.8 Å². The SMILES string of the molecule is CCCCCCCCCCCCCC/C=C\CCCCCCCCCC(O)C(=O)NC(COC1OC(CO)C(O)C(O)C1O)C(O)C(O)CCC/C=C/CC/C=C/CCCCCCCCCCCCCCCCCCCCCCCC. The summed E-state index contributed by atoms with van der Waals surface area (Å²) in [6, 6.07) is -1.19. The summed E-state index contributed by atoms with van der Waals surface area (Å²) in [5, 5.41) is 76.4. The van der Waals surface area contributed by atoms with Crippen molar-refractivity contribution < 1.29 is 50.0 Å². The van der Waals surface area contributed by atoms with Gasteiger partial charge in [-0.25, -0.2) is 0 Å². The highest BCUT2D eigenvalue weighted by Gasteiger charge is 2.44. The van der Waals surface area contributed by atoms with E-state index in [0.29, 0.717) is 19.3 Å². The van der Waals surface area contributed by atoms with Gasteiger partial charge in [-0.15, -0.1) is 0 Å². The molecule has 1 aliphatic rings. The van der Waals surface area contributed by atoms with Crippen molar-refractivity contribution in [1.82, 2.24) is 5.32 Å². The first-order valence-electron chi connectivity index (χ1n) is 34.9. The number of unbranched alkanes of at least 4 members (excludes halogenated alkanes) is 43. The largest absolute Gasteiger partial charge is 0.394 e. The highest BCUT2D eigenvalue weighted by Crippen LogP contribution is 2.24. The molecule has 11 nitrogen and oxygen atoms in total. The second kappa shape index (κ2) is 58.7. The molecular weight excluding hydrogens is 1010 g/mol. The maximum Gasteiger partial charge on any atom is 0.249 e. The summed E-state index contributed by atoms with van der Waals surface area (Å²) in [4.78, 5) is 13.2. The van der Waals surface area contributed by atoms with Gasteiger partial charge in [0.05, 0.1) is 25.4 Å². The van der Waals surface area contributed by atoms with Crippen molar-refractivity contribution in [3.8, 4) is 0 Å². The number of hydrogen-bond donors (Lipinski definition) is 8. The molecule has 0 aromatic rings. The fraction of sp³-hybridized carbons (Fsp3) is 0.900. The van der Waals surface area contributed by atoms with Crippen molar-refractivity contribution in [3.63, 3.8) is 0 Å². The van der Waals surface area contributed by atoms with E-state index >= 15 is 0 Å². The maximum atomic E-state index is 13.2. The molecule has 1 heterocycles. The van der Waals surface area contributed by atoms with Gasteiger partial charge in [-0.1, -0.05) is 294 Å². The van der Waals surface area contributed by atoms with Gasteiger partial charge in [-0.2, -0.15) is 0 Å². The summed E-state index contributed by atoms with van der Waals surface area (Å²) in [5.74, 6) is -0.710. The minimum Gasteiger partial charge on any atom is -0.394 e. The van der Waals surface area contributed by atoms with Crippen molar-refractivity contribution in [2.45, 2.75) is 390 Å². The average molecular weight is 1150 g/mol. The number of allylic oxidation sites excluding steroid dienone is 6. The number of hydrogen-bond acceptors (Lipinski definition) is 10. The molecule has 81 heavy (non-hydrogen) atoms. The molecular formula is C70H133NO10. The van der Waals surface area contributed by atoms with E-state index in [2.05, 4.69) is 55.6 Å². The molecule has 1 fully saturated rings. The topological polar surface area (TPSA) is 189 Å². The molecule has 0 bridgehead atoms. The molecule has 1 saturated heterocycles. The van der Waals surface area contributed by atoms with Crippen molar-refractivity contribution in [3.05, 3.63) is 36.5 Å². The molecule has 11 heteroatoms. The minimum absolute atomic E-state index is 0.246. The van der Waals surface area contributed by atoms with Crippen LogP contribution in [0.1, 0.15) is 335 Å². The number of ether oxygens (including phenoxy) is 2. The van der Waals surface area contributed by atoms with Crippen LogP contribution < -0.4 is 5.32 Å². The Bertz CT molecular complexity index is 1410. The van der Waals surface area contributed by atoms with Gasteiger partial charge in [0.15, 0.2) is 6.29 Å². The lowest BCUT2D eigenvalue weighted by Gasteiger charge is -2.40. The van der Waals surface area contributed by atoms with Gasteiger partial charge in [-0.3, -0.25) is 4.79 Å².